The molecule has 3 aromatic rings. The van der Waals surface area contributed by atoms with Crippen molar-refractivity contribution in [2.75, 3.05) is 13.1 Å². The van der Waals surface area contributed by atoms with Gasteiger partial charge in [-0.1, -0.05) is 12.1 Å². The third-order valence-corrected chi connectivity index (χ3v) is 5.02. The topological polar surface area (TPSA) is 46.3 Å². The van der Waals surface area contributed by atoms with E-state index in [1.54, 1.807) is 16.6 Å². The first-order valence-corrected chi connectivity index (χ1v) is 8.96. The number of hydrogen-bond acceptors (Lipinski definition) is 4. The highest BCUT2D eigenvalue weighted by atomic mass is 19.4. The van der Waals surface area contributed by atoms with Gasteiger partial charge in [0.25, 0.3) is 5.78 Å². The van der Waals surface area contributed by atoms with E-state index in [2.05, 4.69) is 20.0 Å². The van der Waals surface area contributed by atoms with Crippen LogP contribution < -0.4 is 0 Å². The van der Waals surface area contributed by atoms with Crippen LogP contribution in [0, 0.1) is 6.92 Å². The molecule has 1 aliphatic rings. The smallest absolute Gasteiger partial charge is 0.298 e. The molecular formula is C19H20F3N5. The number of hydrogen-bond donors (Lipinski definition) is 0. The number of benzene rings is 1. The van der Waals surface area contributed by atoms with Crippen molar-refractivity contribution in [3.8, 4) is 0 Å². The molecule has 1 fully saturated rings. The number of alkyl halides is 3. The van der Waals surface area contributed by atoms with Crippen LogP contribution in [0.3, 0.4) is 0 Å². The molecule has 27 heavy (non-hydrogen) atoms. The number of aryl methyl sites for hydroxylation is 1. The Morgan fingerprint density at radius 2 is 1.96 bits per heavy atom. The molecule has 1 atom stereocenters. The Labute approximate surface area is 154 Å². The van der Waals surface area contributed by atoms with E-state index >= 15 is 0 Å². The summed E-state index contributed by atoms with van der Waals surface area (Å²) in [4.78, 5) is 10.9. The monoisotopic (exact) mass is 375 g/mol. The molecule has 3 heterocycles. The van der Waals surface area contributed by atoms with Gasteiger partial charge in [0.2, 0.25) is 0 Å². The van der Waals surface area contributed by atoms with E-state index in [9.17, 15) is 13.2 Å². The maximum absolute atomic E-state index is 12.7. The Bertz CT molecular complexity index is 933. The number of halogens is 3. The molecule has 0 N–H and O–H groups in total. The third kappa shape index (κ3) is 3.80. The number of rotatable bonds is 3. The summed E-state index contributed by atoms with van der Waals surface area (Å²) in [5, 5.41) is 4.29. The molecule has 0 saturated carbocycles. The van der Waals surface area contributed by atoms with Gasteiger partial charge in [-0.25, -0.2) is 9.50 Å². The lowest BCUT2D eigenvalue weighted by atomic mass is 9.93. The van der Waals surface area contributed by atoms with Crippen molar-refractivity contribution in [2.45, 2.75) is 38.4 Å². The molecule has 2 aromatic heterocycles. The maximum atomic E-state index is 12.7. The second-order valence-corrected chi connectivity index (χ2v) is 7.06. The van der Waals surface area contributed by atoms with Gasteiger partial charge in [0.05, 0.1) is 11.3 Å². The van der Waals surface area contributed by atoms with Gasteiger partial charge >= 0.3 is 6.18 Å². The summed E-state index contributed by atoms with van der Waals surface area (Å²) in [6.45, 7) is 4.35. The van der Waals surface area contributed by atoms with Crippen molar-refractivity contribution in [1.82, 2.24) is 24.5 Å². The molecule has 1 aromatic carbocycles. The predicted octanol–water partition coefficient (Wildman–Crippen LogP) is 3.83. The molecular weight excluding hydrogens is 355 g/mol. The zero-order valence-corrected chi connectivity index (χ0v) is 14.9. The van der Waals surface area contributed by atoms with Crippen LogP contribution >= 0.6 is 0 Å². The summed E-state index contributed by atoms with van der Waals surface area (Å²) in [5.74, 6) is 0.893. The van der Waals surface area contributed by atoms with E-state index in [1.807, 2.05) is 13.0 Å². The quantitative estimate of drug-likeness (QED) is 0.698. The number of likely N-dealkylation sites (tertiary alicyclic amines) is 1. The van der Waals surface area contributed by atoms with Gasteiger partial charge in [-0.15, -0.1) is 0 Å². The lowest BCUT2D eigenvalue weighted by molar-refractivity contribution is -0.137. The predicted molar refractivity (Wildman–Crippen MR) is 94.2 cm³/mol. The average molecular weight is 375 g/mol. The Balaban J connectivity index is 1.50. The van der Waals surface area contributed by atoms with Crippen LogP contribution in [0.25, 0.3) is 5.78 Å². The third-order valence-electron chi connectivity index (χ3n) is 5.02. The van der Waals surface area contributed by atoms with Crippen molar-refractivity contribution in [3.05, 3.63) is 59.2 Å². The summed E-state index contributed by atoms with van der Waals surface area (Å²) in [7, 11) is 0. The Morgan fingerprint density at radius 3 is 2.70 bits per heavy atom. The molecule has 0 radical (unpaired) electrons. The SMILES string of the molecule is Cc1cc(C2CCCN(Cc3ccc(C(F)(F)F)cc3)C2)n2ncnc2n1. The summed E-state index contributed by atoms with van der Waals surface area (Å²) in [6.07, 6.45) is -0.712. The summed E-state index contributed by atoms with van der Waals surface area (Å²) in [5.41, 5.74) is 2.28. The molecule has 0 amide bonds. The van der Waals surface area contributed by atoms with E-state index < -0.39 is 11.7 Å². The van der Waals surface area contributed by atoms with Crippen molar-refractivity contribution >= 4 is 5.78 Å². The van der Waals surface area contributed by atoms with E-state index in [1.165, 1.54) is 6.33 Å². The fourth-order valence-electron chi connectivity index (χ4n) is 3.75. The fraction of sp³-hybridized carbons (Fsp3) is 0.421. The Kier molecular flexibility index (Phi) is 4.59. The van der Waals surface area contributed by atoms with Gasteiger partial charge in [0.1, 0.15) is 6.33 Å². The molecule has 8 heteroatoms. The molecule has 5 nitrogen and oxygen atoms in total. The summed E-state index contributed by atoms with van der Waals surface area (Å²) < 4.78 is 40.0. The molecule has 4 rings (SSSR count). The number of aromatic nitrogens is 4. The van der Waals surface area contributed by atoms with E-state index in [-0.39, 0.29) is 0 Å². The highest BCUT2D eigenvalue weighted by molar-refractivity contribution is 5.32. The highest BCUT2D eigenvalue weighted by Gasteiger charge is 2.30. The van der Waals surface area contributed by atoms with Crippen LogP contribution in [-0.2, 0) is 12.7 Å². The zero-order valence-electron chi connectivity index (χ0n) is 14.9. The van der Waals surface area contributed by atoms with Crippen LogP contribution in [0.2, 0.25) is 0 Å². The van der Waals surface area contributed by atoms with Crippen LogP contribution in [-0.4, -0.2) is 37.6 Å². The van der Waals surface area contributed by atoms with Crippen LogP contribution in [0.5, 0.6) is 0 Å². The van der Waals surface area contributed by atoms with E-state index in [4.69, 9.17) is 0 Å². The molecule has 0 spiro atoms. The highest BCUT2D eigenvalue weighted by Crippen LogP contribution is 2.30. The van der Waals surface area contributed by atoms with E-state index in [0.717, 1.165) is 55.0 Å². The lowest BCUT2D eigenvalue weighted by Crippen LogP contribution is -2.34. The minimum Gasteiger partial charge on any atom is -0.298 e. The van der Waals surface area contributed by atoms with Gasteiger partial charge in [0, 0.05) is 24.7 Å². The van der Waals surface area contributed by atoms with Crippen molar-refractivity contribution in [2.24, 2.45) is 0 Å². The average Bonchev–Trinajstić information content (AvgIpc) is 3.09. The number of fused-ring (bicyclic) bond motifs is 1. The van der Waals surface area contributed by atoms with Gasteiger partial charge in [-0.05, 0) is 50.1 Å². The maximum Gasteiger partial charge on any atom is 0.416 e. The van der Waals surface area contributed by atoms with Gasteiger partial charge in [0.15, 0.2) is 0 Å². The van der Waals surface area contributed by atoms with Crippen molar-refractivity contribution < 1.29 is 13.2 Å². The minimum absolute atomic E-state index is 0.291. The van der Waals surface area contributed by atoms with Gasteiger partial charge < -0.3 is 0 Å². The molecule has 0 bridgehead atoms. The van der Waals surface area contributed by atoms with E-state index in [0.29, 0.717) is 18.2 Å². The fourth-order valence-corrected chi connectivity index (χ4v) is 3.75. The number of nitrogens with zero attached hydrogens (tertiary/aromatic N) is 5. The molecule has 1 unspecified atom stereocenters. The van der Waals surface area contributed by atoms with Crippen molar-refractivity contribution in [1.29, 1.82) is 0 Å². The molecule has 1 aliphatic heterocycles. The Hall–Kier alpha value is -2.48. The second kappa shape index (κ2) is 6.92. The van der Waals surface area contributed by atoms with Crippen LogP contribution in [0.1, 0.15) is 41.3 Å². The standard InChI is InChI=1S/C19H20F3N5/c1-13-9-17(27-18(25-13)23-12-24-27)15-3-2-8-26(11-15)10-14-4-6-16(7-5-14)19(20,21)22/h4-7,9,12,15H,2-3,8,10-11H2,1H3. The largest absolute Gasteiger partial charge is 0.416 e. The molecule has 0 aliphatic carbocycles. The summed E-state index contributed by atoms with van der Waals surface area (Å²) >= 11 is 0. The Morgan fingerprint density at radius 1 is 1.19 bits per heavy atom. The first-order valence-electron chi connectivity index (χ1n) is 8.96. The van der Waals surface area contributed by atoms with Crippen LogP contribution in [0.4, 0.5) is 13.2 Å². The van der Waals surface area contributed by atoms with Crippen LogP contribution in [0.15, 0.2) is 36.7 Å². The van der Waals surface area contributed by atoms with Gasteiger partial charge in [-0.3, -0.25) is 4.90 Å². The van der Waals surface area contributed by atoms with Gasteiger partial charge in [-0.2, -0.15) is 23.3 Å². The summed E-state index contributed by atoms with van der Waals surface area (Å²) in [6, 6.07) is 7.50. The van der Waals surface area contributed by atoms with Crippen molar-refractivity contribution in [3.63, 3.8) is 0 Å². The first kappa shape index (κ1) is 17.9. The minimum atomic E-state index is -4.29. The molecule has 1 saturated heterocycles. The number of piperidine rings is 1. The molecule has 142 valence electrons. The lowest BCUT2D eigenvalue weighted by Gasteiger charge is -2.33. The second-order valence-electron chi connectivity index (χ2n) is 7.06. The first-order chi connectivity index (χ1) is 12.9. The normalized spacial score (nSPS) is 18.9. The zero-order chi connectivity index (χ0) is 19.0.